The molecule has 14 heteroatoms. The molecular formula is C37H34Cl2N4O6S2. The van der Waals surface area contributed by atoms with Gasteiger partial charge in [-0.1, -0.05) is 60.5 Å². The van der Waals surface area contributed by atoms with E-state index in [1.54, 1.807) is 65.6 Å². The summed E-state index contributed by atoms with van der Waals surface area (Å²) in [7, 11) is 1.29. The fourth-order valence-corrected chi connectivity index (χ4v) is 8.05. The summed E-state index contributed by atoms with van der Waals surface area (Å²) in [5.74, 6) is -2.00. The van der Waals surface area contributed by atoms with Gasteiger partial charge in [-0.15, -0.1) is 23.1 Å². The third-order valence-corrected chi connectivity index (χ3v) is 11.0. The first-order valence-electron chi connectivity index (χ1n) is 15.9. The second kappa shape index (κ2) is 17.1. The summed E-state index contributed by atoms with van der Waals surface area (Å²) >= 11 is 15.0. The third kappa shape index (κ3) is 9.39. The number of halogens is 2. The zero-order valence-electron chi connectivity index (χ0n) is 27.9. The van der Waals surface area contributed by atoms with E-state index in [4.69, 9.17) is 27.9 Å². The Labute approximate surface area is 313 Å². The van der Waals surface area contributed by atoms with Crippen molar-refractivity contribution < 1.29 is 28.7 Å². The minimum absolute atomic E-state index is 0.0524. The maximum absolute atomic E-state index is 13.6. The van der Waals surface area contributed by atoms with Gasteiger partial charge in [0.2, 0.25) is 11.8 Å². The molecule has 1 unspecified atom stereocenters. The van der Waals surface area contributed by atoms with Gasteiger partial charge in [-0.3, -0.25) is 19.2 Å². The molecule has 3 aromatic carbocycles. The second-order valence-corrected chi connectivity index (χ2v) is 14.6. The van der Waals surface area contributed by atoms with Crippen LogP contribution in [0.3, 0.4) is 0 Å². The first-order chi connectivity index (χ1) is 24.5. The van der Waals surface area contributed by atoms with E-state index >= 15 is 0 Å². The Bertz CT molecular complexity index is 2020. The topological polar surface area (TPSA) is 134 Å². The lowest BCUT2D eigenvalue weighted by atomic mass is 10.0. The van der Waals surface area contributed by atoms with Gasteiger partial charge in [0, 0.05) is 44.5 Å². The van der Waals surface area contributed by atoms with Gasteiger partial charge in [-0.25, -0.2) is 4.79 Å². The van der Waals surface area contributed by atoms with Gasteiger partial charge in [0.1, 0.15) is 10.7 Å². The van der Waals surface area contributed by atoms with E-state index in [0.29, 0.717) is 68.3 Å². The van der Waals surface area contributed by atoms with Gasteiger partial charge < -0.3 is 25.6 Å². The molecule has 0 saturated heterocycles. The summed E-state index contributed by atoms with van der Waals surface area (Å²) in [5.41, 5.74) is 2.32. The summed E-state index contributed by atoms with van der Waals surface area (Å²) in [6.07, 6.45) is 2.41. The van der Waals surface area contributed by atoms with Gasteiger partial charge in [0.15, 0.2) is 0 Å². The average Bonchev–Trinajstić information content (AvgIpc) is 3.48. The van der Waals surface area contributed by atoms with Crippen molar-refractivity contribution in [2.45, 2.75) is 43.4 Å². The Balaban J connectivity index is 1.33. The van der Waals surface area contributed by atoms with Crippen molar-refractivity contribution in [3.05, 3.63) is 116 Å². The van der Waals surface area contributed by atoms with Crippen LogP contribution >= 0.6 is 46.3 Å². The monoisotopic (exact) mass is 764 g/mol. The van der Waals surface area contributed by atoms with E-state index < -0.39 is 23.0 Å². The van der Waals surface area contributed by atoms with Crippen LogP contribution < -0.4 is 16.0 Å². The van der Waals surface area contributed by atoms with E-state index in [1.807, 2.05) is 13.0 Å². The number of rotatable bonds is 11. The maximum atomic E-state index is 13.6. The number of hydrogen-bond donors (Lipinski definition) is 3. The molecule has 4 amide bonds. The smallest absolute Gasteiger partial charge is 0.341 e. The highest BCUT2D eigenvalue weighted by Gasteiger charge is 2.31. The number of esters is 1. The van der Waals surface area contributed by atoms with Gasteiger partial charge in [-0.05, 0) is 72.5 Å². The van der Waals surface area contributed by atoms with Crippen molar-refractivity contribution in [2.24, 2.45) is 0 Å². The number of thioether (sulfide) groups is 1. The van der Waals surface area contributed by atoms with Crippen molar-refractivity contribution in [1.29, 1.82) is 0 Å². The largest absolute Gasteiger partial charge is 0.465 e. The molecule has 10 nitrogen and oxygen atoms in total. The molecule has 0 spiro atoms. The number of benzene rings is 3. The molecule has 0 bridgehead atoms. The van der Waals surface area contributed by atoms with E-state index in [9.17, 15) is 24.0 Å². The van der Waals surface area contributed by atoms with E-state index in [1.165, 1.54) is 49.3 Å². The predicted molar refractivity (Wildman–Crippen MR) is 202 cm³/mol. The van der Waals surface area contributed by atoms with Gasteiger partial charge in [0.05, 0.1) is 24.5 Å². The molecule has 1 aromatic heterocycles. The normalized spacial score (nSPS) is 13.1. The Kier molecular flexibility index (Phi) is 12.6. The first kappa shape index (κ1) is 37.6. The van der Waals surface area contributed by atoms with Crippen molar-refractivity contribution in [3.8, 4) is 0 Å². The molecule has 3 N–H and O–H groups in total. The van der Waals surface area contributed by atoms with Crippen LogP contribution in [0.25, 0.3) is 6.08 Å². The Morgan fingerprint density at radius 2 is 1.76 bits per heavy atom. The fraction of sp³-hybridized carbons (Fsp3) is 0.216. The number of methoxy groups -OCH3 is 1. The molecule has 0 aliphatic carbocycles. The number of hydrogen-bond acceptors (Lipinski definition) is 8. The SMILES string of the molecule is CCC(Sc1cccc(NC(=O)/C(=C\c2ccc(Cl)cc2Cl)NC(=O)c2ccccc2)c1)C(=O)Nc1sc2c(c1C(=O)OC)CCN(C(C)=O)C2. The molecule has 0 fully saturated rings. The van der Waals surface area contributed by atoms with Crippen LogP contribution in [0, 0.1) is 0 Å². The zero-order chi connectivity index (χ0) is 36.7. The fourth-order valence-electron chi connectivity index (χ4n) is 5.32. The lowest BCUT2D eigenvalue weighted by molar-refractivity contribution is -0.129. The number of carbonyl (C=O) groups excluding carboxylic acids is 5. The highest BCUT2D eigenvalue weighted by atomic mass is 35.5. The number of carbonyl (C=O) groups is 5. The molecule has 5 rings (SSSR count). The van der Waals surface area contributed by atoms with Gasteiger partial charge >= 0.3 is 5.97 Å². The Morgan fingerprint density at radius 3 is 2.45 bits per heavy atom. The van der Waals surface area contributed by atoms with E-state index in [-0.39, 0.29) is 17.5 Å². The minimum Gasteiger partial charge on any atom is -0.465 e. The Hall–Kier alpha value is -4.62. The summed E-state index contributed by atoms with van der Waals surface area (Å²) in [5, 5.41) is 9.01. The number of ether oxygens (including phenoxy) is 1. The molecule has 0 saturated carbocycles. The number of nitrogens with one attached hydrogen (secondary N) is 3. The summed E-state index contributed by atoms with van der Waals surface area (Å²) in [6, 6.07) is 20.3. The lowest BCUT2D eigenvalue weighted by Gasteiger charge is -2.25. The van der Waals surface area contributed by atoms with Crippen LogP contribution in [0.4, 0.5) is 10.7 Å². The zero-order valence-corrected chi connectivity index (χ0v) is 31.0. The first-order valence-corrected chi connectivity index (χ1v) is 18.3. The van der Waals surface area contributed by atoms with Crippen LogP contribution in [0.15, 0.2) is 83.4 Å². The highest BCUT2D eigenvalue weighted by molar-refractivity contribution is 8.00. The maximum Gasteiger partial charge on any atom is 0.341 e. The van der Waals surface area contributed by atoms with Gasteiger partial charge in [-0.2, -0.15) is 0 Å². The van der Waals surface area contributed by atoms with Crippen LogP contribution in [-0.2, 0) is 32.1 Å². The molecule has 264 valence electrons. The molecule has 2 heterocycles. The van der Waals surface area contributed by atoms with E-state index in [2.05, 4.69) is 16.0 Å². The van der Waals surface area contributed by atoms with Crippen LogP contribution in [-0.4, -0.2) is 53.4 Å². The van der Waals surface area contributed by atoms with Crippen molar-refractivity contribution in [2.75, 3.05) is 24.3 Å². The van der Waals surface area contributed by atoms with Crippen molar-refractivity contribution >= 4 is 92.7 Å². The number of fused-ring (bicyclic) bond motifs is 1. The molecule has 1 atom stereocenters. The predicted octanol–water partition coefficient (Wildman–Crippen LogP) is 7.67. The van der Waals surface area contributed by atoms with Gasteiger partial charge in [0.25, 0.3) is 11.8 Å². The van der Waals surface area contributed by atoms with Crippen molar-refractivity contribution in [1.82, 2.24) is 10.2 Å². The standard InChI is InChI=1S/C37H34Cl2N4O6S2/c1-4-30(35(47)42-36-32(37(48)49-3)27-15-16-43(21(2)44)20-31(27)51-36)50-26-12-8-11-25(19-26)40-34(46)29(17-23-13-14-24(38)18-28(23)39)41-33(45)22-9-6-5-7-10-22/h5-14,17-19,30H,4,15-16,20H2,1-3H3,(H,40,46)(H,41,45)(H,42,47)/b29-17+. The molecule has 4 aromatic rings. The molecule has 51 heavy (non-hydrogen) atoms. The van der Waals surface area contributed by atoms with Crippen LogP contribution in [0.2, 0.25) is 10.0 Å². The highest BCUT2D eigenvalue weighted by Crippen LogP contribution is 2.38. The summed E-state index contributed by atoms with van der Waals surface area (Å²) in [4.78, 5) is 68.3. The number of nitrogens with zero attached hydrogens (tertiary/aromatic N) is 1. The minimum atomic E-state index is -0.599. The summed E-state index contributed by atoms with van der Waals surface area (Å²) < 4.78 is 5.05. The van der Waals surface area contributed by atoms with Crippen LogP contribution in [0.5, 0.6) is 0 Å². The lowest BCUT2D eigenvalue weighted by Crippen LogP contribution is -2.34. The second-order valence-electron chi connectivity index (χ2n) is 11.4. The van der Waals surface area contributed by atoms with Crippen LogP contribution in [0.1, 0.15) is 57.0 Å². The van der Waals surface area contributed by atoms with E-state index in [0.717, 1.165) is 10.4 Å². The quantitative estimate of drug-likeness (QED) is 0.0811. The number of anilines is 2. The molecule has 1 aliphatic rings. The average molecular weight is 766 g/mol. The Morgan fingerprint density at radius 1 is 1.00 bits per heavy atom. The number of thiophene rings is 1. The van der Waals surface area contributed by atoms with Crippen molar-refractivity contribution in [3.63, 3.8) is 0 Å². The number of amides is 4. The molecule has 1 aliphatic heterocycles. The summed E-state index contributed by atoms with van der Waals surface area (Å²) in [6.45, 7) is 4.22. The molecule has 0 radical (unpaired) electrons. The molecular weight excluding hydrogens is 731 g/mol. The third-order valence-electron chi connectivity index (χ3n) is 7.95.